The lowest BCUT2D eigenvalue weighted by Crippen LogP contribution is -2.13. The van der Waals surface area contributed by atoms with E-state index in [1.54, 1.807) is 0 Å². The van der Waals surface area contributed by atoms with Gasteiger partial charge in [0.15, 0.2) is 0 Å². The quantitative estimate of drug-likeness (QED) is 0.183. The Labute approximate surface area is 238 Å². The molecule has 1 heteroatoms. The van der Waals surface area contributed by atoms with Crippen molar-refractivity contribution in [3.8, 4) is 22.3 Å². The van der Waals surface area contributed by atoms with E-state index in [9.17, 15) is 0 Å². The Kier molecular flexibility index (Phi) is 5.61. The van der Waals surface area contributed by atoms with Crippen LogP contribution in [0.3, 0.4) is 0 Å². The molecule has 39 heavy (non-hydrogen) atoms. The van der Waals surface area contributed by atoms with E-state index in [1.807, 2.05) is 0 Å². The maximum Gasteiger partial charge on any atom is 0.0181 e. The topological polar surface area (TPSA) is 0 Å². The van der Waals surface area contributed by atoms with Gasteiger partial charge in [0.2, 0.25) is 0 Å². The monoisotopic (exact) mass is 564 g/mol. The number of halogens is 1. The minimum absolute atomic E-state index is 0.0154. The first kappa shape index (κ1) is 24.1. The first-order chi connectivity index (χ1) is 18.9. The van der Waals surface area contributed by atoms with Crippen molar-refractivity contribution in [1.29, 1.82) is 0 Å². The molecule has 0 atom stereocenters. The zero-order valence-corrected chi connectivity index (χ0v) is 24.0. The van der Waals surface area contributed by atoms with Crippen LogP contribution in [0, 0.1) is 0 Å². The zero-order valence-electron chi connectivity index (χ0n) is 22.4. The SMILES string of the molecule is CC(C)(C)c1c2ccccc2c(-c2c3ccccc3c(-c3ccccc3)c3ccccc23)c2ccc(Br)cc12. The molecular formula is C38H29Br. The van der Waals surface area contributed by atoms with Crippen LogP contribution in [0.4, 0.5) is 0 Å². The summed E-state index contributed by atoms with van der Waals surface area (Å²) in [7, 11) is 0. The molecule has 0 radical (unpaired) electrons. The smallest absolute Gasteiger partial charge is 0.0181 e. The molecule has 0 saturated carbocycles. The summed E-state index contributed by atoms with van der Waals surface area (Å²) < 4.78 is 1.11. The van der Waals surface area contributed by atoms with Crippen LogP contribution in [0.1, 0.15) is 26.3 Å². The van der Waals surface area contributed by atoms with Crippen molar-refractivity contribution in [1.82, 2.24) is 0 Å². The van der Waals surface area contributed by atoms with Crippen LogP contribution in [0.2, 0.25) is 0 Å². The molecule has 0 aromatic heterocycles. The van der Waals surface area contributed by atoms with E-state index in [4.69, 9.17) is 0 Å². The zero-order chi connectivity index (χ0) is 26.7. The predicted molar refractivity (Wildman–Crippen MR) is 174 cm³/mol. The van der Waals surface area contributed by atoms with Crippen molar-refractivity contribution in [2.45, 2.75) is 26.2 Å². The van der Waals surface area contributed by atoms with Crippen LogP contribution in [-0.4, -0.2) is 0 Å². The van der Waals surface area contributed by atoms with Crippen LogP contribution in [0.15, 0.2) is 126 Å². The summed E-state index contributed by atoms with van der Waals surface area (Å²) in [6.45, 7) is 6.98. The summed E-state index contributed by atoms with van der Waals surface area (Å²) in [6, 6.07) is 44.5. The Hall–Kier alpha value is -3.94. The second kappa shape index (κ2) is 9.07. The van der Waals surface area contributed by atoms with E-state index in [0.29, 0.717) is 0 Å². The van der Waals surface area contributed by atoms with Gasteiger partial charge in [-0.15, -0.1) is 0 Å². The number of benzene rings is 7. The summed E-state index contributed by atoms with van der Waals surface area (Å²) >= 11 is 3.79. The Morgan fingerprint density at radius 2 is 0.821 bits per heavy atom. The van der Waals surface area contributed by atoms with Gasteiger partial charge in [0, 0.05) is 4.47 Å². The lowest BCUT2D eigenvalue weighted by molar-refractivity contribution is 0.601. The second-order valence-corrected chi connectivity index (χ2v) is 12.4. The molecule has 0 fully saturated rings. The molecule has 7 aromatic carbocycles. The van der Waals surface area contributed by atoms with Crippen LogP contribution in [-0.2, 0) is 5.41 Å². The minimum atomic E-state index is -0.0154. The van der Waals surface area contributed by atoms with Crippen molar-refractivity contribution in [2.24, 2.45) is 0 Å². The van der Waals surface area contributed by atoms with E-state index in [1.165, 1.54) is 70.9 Å². The molecule has 0 aliphatic heterocycles. The molecule has 0 saturated heterocycles. The van der Waals surface area contributed by atoms with Gasteiger partial charge < -0.3 is 0 Å². The lowest BCUT2D eigenvalue weighted by atomic mass is 9.76. The third-order valence-corrected chi connectivity index (χ3v) is 8.47. The summed E-state index contributed by atoms with van der Waals surface area (Å²) in [4.78, 5) is 0. The summed E-state index contributed by atoms with van der Waals surface area (Å²) in [5.41, 5.74) is 6.55. The summed E-state index contributed by atoms with van der Waals surface area (Å²) in [6.07, 6.45) is 0. The van der Waals surface area contributed by atoms with Crippen molar-refractivity contribution < 1.29 is 0 Å². The molecule has 7 rings (SSSR count). The van der Waals surface area contributed by atoms with Gasteiger partial charge in [0.25, 0.3) is 0 Å². The third kappa shape index (κ3) is 3.79. The standard InChI is InChI=1S/C38H29Br/c1-38(2,3)37-32-20-12-11-19-30(32)36(31-22-21-25(39)23-33(31)37)35-28-17-9-7-15-26(28)34(24-13-5-4-6-14-24)27-16-8-10-18-29(27)35/h4-23H,1-3H3. The third-order valence-electron chi connectivity index (χ3n) is 7.98. The van der Waals surface area contributed by atoms with Gasteiger partial charge in [-0.3, -0.25) is 0 Å². The van der Waals surface area contributed by atoms with Crippen LogP contribution in [0.25, 0.3) is 65.3 Å². The lowest BCUT2D eigenvalue weighted by Gasteiger charge is -2.27. The molecular weight excluding hydrogens is 536 g/mol. The average molecular weight is 566 g/mol. The van der Waals surface area contributed by atoms with Crippen molar-refractivity contribution in [2.75, 3.05) is 0 Å². The predicted octanol–water partition coefficient (Wildman–Crippen LogP) is 11.7. The highest BCUT2D eigenvalue weighted by Crippen LogP contribution is 2.50. The molecule has 0 aliphatic rings. The molecule has 0 spiro atoms. The molecule has 0 N–H and O–H groups in total. The molecule has 188 valence electrons. The second-order valence-electron chi connectivity index (χ2n) is 11.4. The van der Waals surface area contributed by atoms with E-state index < -0.39 is 0 Å². The van der Waals surface area contributed by atoms with Crippen LogP contribution < -0.4 is 0 Å². The molecule has 0 bridgehead atoms. The van der Waals surface area contributed by atoms with Gasteiger partial charge in [0.1, 0.15) is 0 Å². The number of rotatable bonds is 2. The largest absolute Gasteiger partial charge is 0.0622 e. The Morgan fingerprint density at radius 3 is 1.33 bits per heavy atom. The average Bonchev–Trinajstić information content (AvgIpc) is 2.94. The van der Waals surface area contributed by atoms with Crippen molar-refractivity contribution >= 4 is 59.0 Å². The van der Waals surface area contributed by atoms with Gasteiger partial charge in [-0.1, -0.05) is 146 Å². The maximum absolute atomic E-state index is 3.79. The van der Waals surface area contributed by atoms with Gasteiger partial charge >= 0.3 is 0 Å². The van der Waals surface area contributed by atoms with E-state index in [0.717, 1.165) is 4.47 Å². The Morgan fingerprint density at radius 1 is 0.410 bits per heavy atom. The minimum Gasteiger partial charge on any atom is -0.0622 e. The maximum atomic E-state index is 3.79. The van der Waals surface area contributed by atoms with E-state index in [2.05, 4.69) is 158 Å². The number of hydrogen-bond acceptors (Lipinski definition) is 0. The summed E-state index contributed by atoms with van der Waals surface area (Å²) in [5, 5.41) is 10.4. The highest BCUT2D eigenvalue weighted by Gasteiger charge is 2.25. The normalized spacial score (nSPS) is 12.1. The van der Waals surface area contributed by atoms with Gasteiger partial charge in [0.05, 0.1) is 0 Å². The van der Waals surface area contributed by atoms with E-state index >= 15 is 0 Å². The van der Waals surface area contributed by atoms with Crippen molar-refractivity contribution in [3.63, 3.8) is 0 Å². The summed E-state index contributed by atoms with van der Waals surface area (Å²) in [5.74, 6) is 0. The first-order valence-electron chi connectivity index (χ1n) is 13.6. The van der Waals surface area contributed by atoms with Crippen LogP contribution in [0.5, 0.6) is 0 Å². The van der Waals surface area contributed by atoms with Gasteiger partial charge in [-0.05, 0) is 88.5 Å². The molecule has 0 heterocycles. The molecule has 0 aliphatic carbocycles. The Bertz CT molecular complexity index is 1990. The van der Waals surface area contributed by atoms with E-state index in [-0.39, 0.29) is 5.41 Å². The number of hydrogen-bond donors (Lipinski definition) is 0. The Balaban J connectivity index is 1.77. The highest BCUT2D eigenvalue weighted by atomic mass is 79.9. The van der Waals surface area contributed by atoms with Gasteiger partial charge in [-0.2, -0.15) is 0 Å². The number of fused-ring (bicyclic) bond motifs is 4. The van der Waals surface area contributed by atoms with Gasteiger partial charge in [-0.25, -0.2) is 0 Å². The molecule has 0 amide bonds. The molecule has 0 unspecified atom stereocenters. The van der Waals surface area contributed by atoms with Crippen molar-refractivity contribution in [3.05, 3.63) is 131 Å². The molecule has 7 aromatic rings. The van der Waals surface area contributed by atoms with Crippen LogP contribution >= 0.6 is 15.9 Å². The fourth-order valence-corrected chi connectivity index (χ4v) is 6.90. The highest BCUT2D eigenvalue weighted by molar-refractivity contribution is 9.10. The fraction of sp³-hybridized carbons (Fsp3) is 0.105. The molecule has 0 nitrogen and oxygen atoms in total. The first-order valence-corrected chi connectivity index (χ1v) is 14.4. The fourth-order valence-electron chi connectivity index (χ4n) is 6.54.